The Kier molecular flexibility index (Phi) is 12.2. The maximum absolute atomic E-state index is 5.24. The predicted octanol–water partition coefficient (Wildman–Crippen LogP) is 3.22. The number of nitrogens with zero attached hydrogens (tertiary/aromatic N) is 3. The summed E-state index contributed by atoms with van der Waals surface area (Å²) in [6.45, 7) is 8.74. The summed E-state index contributed by atoms with van der Waals surface area (Å²) in [6, 6.07) is 8.31. The Morgan fingerprint density at radius 2 is 1.74 bits per heavy atom. The van der Waals surface area contributed by atoms with Gasteiger partial charge in [0.25, 0.3) is 0 Å². The summed E-state index contributed by atoms with van der Waals surface area (Å²) in [5.74, 6) is 1.95. The number of anilines is 1. The maximum Gasteiger partial charge on any atom is 0.194 e. The third-order valence-corrected chi connectivity index (χ3v) is 4.62. The molecule has 1 fully saturated rings. The smallest absolute Gasteiger partial charge is 0.194 e. The average molecular weight is 490 g/mol. The summed E-state index contributed by atoms with van der Waals surface area (Å²) in [5.41, 5.74) is 1.26. The second-order valence-corrected chi connectivity index (χ2v) is 6.46. The molecule has 154 valence electrons. The molecule has 0 bridgehead atoms. The van der Waals surface area contributed by atoms with Crippen LogP contribution in [0.2, 0.25) is 0 Å². The zero-order chi connectivity index (χ0) is 18.6. The summed E-state index contributed by atoms with van der Waals surface area (Å²) in [4.78, 5) is 9.61. The molecule has 0 radical (unpaired) electrons. The van der Waals surface area contributed by atoms with E-state index < -0.39 is 0 Å². The van der Waals surface area contributed by atoms with Crippen LogP contribution in [0.4, 0.5) is 5.69 Å². The molecule has 0 amide bonds. The minimum atomic E-state index is 0. The number of hydrogen-bond acceptors (Lipinski definition) is 4. The molecule has 1 heterocycles. The first-order chi connectivity index (χ1) is 12.8. The third-order valence-electron chi connectivity index (χ3n) is 4.62. The number of halogens is 1. The molecular weight excluding hydrogens is 455 g/mol. The summed E-state index contributed by atoms with van der Waals surface area (Å²) < 4.78 is 10.3. The molecule has 27 heavy (non-hydrogen) atoms. The quantitative estimate of drug-likeness (QED) is 0.249. The van der Waals surface area contributed by atoms with Crippen LogP contribution in [0.25, 0.3) is 0 Å². The second kappa shape index (κ2) is 13.9. The van der Waals surface area contributed by atoms with E-state index in [-0.39, 0.29) is 24.0 Å². The fourth-order valence-corrected chi connectivity index (χ4v) is 3.12. The number of aliphatic imine (C=N–C) groups is 1. The Balaban J connectivity index is 0.00000364. The molecule has 1 aliphatic heterocycles. The Hall–Kier alpha value is -1.22. The van der Waals surface area contributed by atoms with Crippen LogP contribution in [-0.2, 0) is 4.74 Å². The van der Waals surface area contributed by atoms with Gasteiger partial charge in [-0.25, -0.2) is 0 Å². The lowest BCUT2D eigenvalue weighted by Gasteiger charge is -2.37. The average Bonchev–Trinajstić information content (AvgIpc) is 2.70. The monoisotopic (exact) mass is 490 g/mol. The van der Waals surface area contributed by atoms with Gasteiger partial charge in [0.2, 0.25) is 0 Å². The van der Waals surface area contributed by atoms with E-state index >= 15 is 0 Å². The molecule has 0 saturated carbocycles. The number of guanidine groups is 1. The fourth-order valence-electron chi connectivity index (χ4n) is 3.12. The number of unbranched alkanes of at least 4 members (excludes halogenated alkanes) is 2. The topological polar surface area (TPSA) is 49.3 Å². The summed E-state index contributed by atoms with van der Waals surface area (Å²) in [7, 11) is 3.46. The highest BCUT2D eigenvalue weighted by molar-refractivity contribution is 14.0. The van der Waals surface area contributed by atoms with Gasteiger partial charge in [-0.1, -0.05) is 0 Å². The van der Waals surface area contributed by atoms with Gasteiger partial charge in [0.1, 0.15) is 5.75 Å². The number of rotatable bonds is 9. The van der Waals surface area contributed by atoms with Gasteiger partial charge in [-0.2, -0.15) is 0 Å². The van der Waals surface area contributed by atoms with Crippen molar-refractivity contribution in [3.05, 3.63) is 24.3 Å². The molecule has 0 unspecified atom stereocenters. The number of nitrogens with one attached hydrogen (secondary N) is 1. The van der Waals surface area contributed by atoms with Crippen molar-refractivity contribution in [3.8, 4) is 5.75 Å². The van der Waals surface area contributed by atoms with Crippen LogP contribution in [0.1, 0.15) is 26.2 Å². The van der Waals surface area contributed by atoms with Crippen molar-refractivity contribution in [1.82, 2.24) is 10.2 Å². The van der Waals surface area contributed by atoms with E-state index in [0.29, 0.717) is 0 Å². The Morgan fingerprint density at radius 1 is 1.04 bits per heavy atom. The van der Waals surface area contributed by atoms with Crippen LogP contribution >= 0.6 is 24.0 Å². The summed E-state index contributed by atoms with van der Waals surface area (Å²) in [6.07, 6.45) is 3.40. The Labute approximate surface area is 181 Å². The van der Waals surface area contributed by atoms with E-state index in [1.165, 1.54) is 12.1 Å². The number of ether oxygens (including phenoxy) is 2. The molecule has 7 heteroatoms. The van der Waals surface area contributed by atoms with Gasteiger partial charge in [-0.15, -0.1) is 24.0 Å². The van der Waals surface area contributed by atoms with Gasteiger partial charge in [-0.05, 0) is 50.5 Å². The van der Waals surface area contributed by atoms with Crippen LogP contribution in [0.3, 0.4) is 0 Å². The molecule has 6 nitrogen and oxygen atoms in total. The lowest BCUT2D eigenvalue weighted by molar-refractivity contribution is 0.192. The number of benzene rings is 1. The van der Waals surface area contributed by atoms with Gasteiger partial charge in [-0.3, -0.25) is 4.99 Å². The third kappa shape index (κ3) is 8.13. The molecule has 1 aromatic rings. The van der Waals surface area contributed by atoms with Crippen molar-refractivity contribution < 1.29 is 9.47 Å². The lowest BCUT2D eigenvalue weighted by atomic mass is 10.2. The zero-order valence-corrected chi connectivity index (χ0v) is 19.3. The molecule has 1 aromatic carbocycles. The first kappa shape index (κ1) is 23.8. The predicted molar refractivity (Wildman–Crippen MR) is 124 cm³/mol. The number of piperazine rings is 1. The van der Waals surface area contributed by atoms with Crippen LogP contribution in [0, 0.1) is 0 Å². The van der Waals surface area contributed by atoms with E-state index in [2.05, 4.69) is 34.2 Å². The van der Waals surface area contributed by atoms with E-state index in [4.69, 9.17) is 14.5 Å². The molecule has 0 spiro atoms. The van der Waals surface area contributed by atoms with E-state index in [1.807, 2.05) is 12.1 Å². The summed E-state index contributed by atoms with van der Waals surface area (Å²) >= 11 is 0. The minimum absolute atomic E-state index is 0. The highest BCUT2D eigenvalue weighted by atomic mass is 127. The normalized spacial score (nSPS) is 14.7. The summed E-state index contributed by atoms with van der Waals surface area (Å²) in [5, 5.41) is 3.44. The van der Waals surface area contributed by atoms with E-state index in [1.54, 1.807) is 14.2 Å². The molecule has 0 atom stereocenters. The minimum Gasteiger partial charge on any atom is -0.497 e. The van der Waals surface area contributed by atoms with Crippen LogP contribution in [0.15, 0.2) is 29.3 Å². The standard InChI is InChI=1S/C20H34N4O2.HI/c1-4-21-20(22-12-6-5-7-17-25-2)24-15-13-23(14-16-24)18-8-10-19(26-3)11-9-18;/h8-11H,4-7,12-17H2,1-3H3,(H,21,22);1H. The van der Waals surface area contributed by atoms with Crippen molar-refractivity contribution in [1.29, 1.82) is 0 Å². The van der Waals surface area contributed by atoms with E-state index in [9.17, 15) is 0 Å². The molecular formula is C20H35IN4O2. The zero-order valence-electron chi connectivity index (χ0n) is 16.9. The second-order valence-electron chi connectivity index (χ2n) is 6.46. The molecule has 0 aromatic heterocycles. The first-order valence-corrected chi connectivity index (χ1v) is 9.69. The van der Waals surface area contributed by atoms with Gasteiger partial charge < -0.3 is 24.6 Å². The molecule has 2 rings (SSSR count). The number of hydrogen-bond donors (Lipinski definition) is 1. The van der Waals surface area contributed by atoms with Crippen LogP contribution < -0.4 is 15.0 Å². The van der Waals surface area contributed by atoms with Crippen LogP contribution in [0.5, 0.6) is 5.75 Å². The highest BCUT2D eigenvalue weighted by Crippen LogP contribution is 2.20. The van der Waals surface area contributed by atoms with Crippen molar-refractivity contribution in [2.75, 3.05) is 65.0 Å². The van der Waals surface area contributed by atoms with Gasteiger partial charge in [0.05, 0.1) is 7.11 Å². The lowest BCUT2D eigenvalue weighted by Crippen LogP contribution is -2.52. The Bertz CT molecular complexity index is 531. The SMILES string of the molecule is CCNC(=NCCCCCOC)N1CCN(c2ccc(OC)cc2)CC1.I. The first-order valence-electron chi connectivity index (χ1n) is 9.69. The van der Waals surface area contributed by atoms with Crippen molar-refractivity contribution in [2.24, 2.45) is 4.99 Å². The maximum atomic E-state index is 5.24. The van der Waals surface area contributed by atoms with Crippen molar-refractivity contribution in [2.45, 2.75) is 26.2 Å². The molecule has 1 aliphatic rings. The molecule has 0 aliphatic carbocycles. The van der Waals surface area contributed by atoms with E-state index in [0.717, 1.165) is 70.4 Å². The molecule has 1 saturated heterocycles. The number of methoxy groups -OCH3 is 2. The highest BCUT2D eigenvalue weighted by Gasteiger charge is 2.19. The van der Waals surface area contributed by atoms with Gasteiger partial charge in [0.15, 0.2) is 5.96 Å². The van der Waals surface area contributed by atoms with Gasteiger partial charge >= 0.3 is 0 Å². The molecule has 1 N–H and O–H groups in total. The fraction of sp³-hybridized carbons (Fsp3) is 0.650. The van der Waals surface area contributed by atoms with Crippen molar-refractivity contribution >= 4 is 35.6 Å². The Morgan fingerprint density at radius 3 is 2.33 bits per heavy atom. The van der Waals surface area contributed by atoms with Crippen LogP contribution in [-0.4, -0.2) is 71.0 Å². The largest absolute Gasteiger partial charge is 0.497 e. The van der Waals surface area contributed by atoms with Gasteiger partial charge in [0, 0.05) is 58.7 Å². The van der Waals surface area contributed by atoms with Crippen molar-refractivity contribution in [3.63, 3.8) is 0 Å².